The van der Waals surface area contributed by atoms with E-state index in [9.17, 15) is 4.79 Å². The summed E-state index contributed by atoms with van der Waals surface area (Å²) in [6, 6.07) is 2.02. The van der Waals surface area contributed by atoms with Gasteiger partial charge in [-0.25, -0.2) is 0 Å². The first-order valence-corrected chi connectivity index (χ1v) is 8.46. The summed E-state index contributed by atoms with van der Waals surface area (Å²) in [5.74, 6) is 1.08. The number of halogens is 1. The molecule has 0 spiro atoms. The van der Waals surface area contributed by atoms with Crippen molar-refractivity contribution in [2.75, 3.05) is 7.11 Å². The number of aryl methyl sites for hydroxylation is 1. The molecule has 0 saturated heterocycles. The molecule has 0 bridgehead atoms. The lowest BCUT2D eigenvalue weighted by atomic mass is 9.66. The lowest BCUT2D eigenvalue weighted by Crippen LogP contribution is -2.34. The number of carbonyl (C=O) groups excluding carboxylic acids is 1. The molecule has 0 radical (unpaired) electrons. The second kappa shape index (κ2) is 6.12. The Morgan fingerprint density at radius 1 is 1.33 bits per heavy atom. The third-order valence-electron chi connectivity index (χ3n) is 4.94. The van der Waals surface area contributed by atoms with E-state index in [4.69, 9.17) is 4.74 Å². The van der Waals surface area contributed by atoms with Crippen LogP contribution in [0.2, 0.25) is 0 Å². The molecule has 1 fully saturated rings. The van der Waals surface area contributed by atoms with Crippen molar-refractivity contribution in [3.05, 3.63) is 27.2 Å². The number of methoxy groups -OCH3 is 1. The molecule has 0 aromatic heterocycles. The van der Waals surface area contributed by atoms with Crippen molar-refractivity contribution in [1.82, 2.24) is 0 Å². The van der Waals surface area contributed by atoms with E-state index in [1.165, 1.54) is 6.42 Å². The number of ether oxygens (including phenoxy) is 1. The van der Waals surface area contributed by atoms with E-state index in [2.05, 4.69) is 29.8 Å². The molecule has 1 aliphatic rings. The van der Waals surface area contributed by atoms with Gasteiger partial charge in [-0.3, -0.25) is 4.79 Å². The molecule has 0 N–H and O–H groups in total. The maximum absolute atomic E-state index is 13.2. The fraction of sp³-hybridized carbons (Fsp3) is 0.611. The molecule has 2 nitrogen and oxygen atoms in total. The maximum atomic E-state index is 13.2. The van der Waals surface area contributed by atoms with Crippen LogP contribution in [0.25, 0.3) is 0 Å². The minimum absolute atomic E-state index is 0.0724. The number of rotatable bonds is 3. The van der Waals surface area contributed by atoms with Crippen LogP contribution in [0.15, 0.2) is 10.5 Å². The Hall–Kier alpha value is -0.830. The molecule has 0 aliphatic heterocycles. The van der Waals surface area contributed by atoms with Gasteiger partial charge in [-0.2, -0.15) is 0 Å². The SMILES string of the molecule is COc1c(C)cc(Br)c(C)c1C(=O)C1CCCCC1(C)C. The number of ketones is 1. The quantitative estimate of drug-likeness (QED) is 0.673. The number of hydrogen-bond donors (Lipinski definition) is 0. The van der Waals surface area contributed by atoms with Crippen LogP contribution in [0.4, 0.5) is 0 Å². The average molecular weight is 353 g/mol. The Kier molecular flexibility index (Phi) is 4.82. The highest BCUT2D eigenvalue weighted by Crippen LogP contribution is 2.44. The highest BCUT2D eigenvalue weighted by atomic mass is 79.9. The van der Waals surface area contributed by atoms with Gasteiger partial charge in [-0.15, -0.1) is 0 Å². The zero-order valence-corrected chi connectivity index (χ0v) is 15.3. The lowest BCUT2D eigenvalue weighted by molar-refractivity contribution is 0.0693. The summed E-state index contributed by atoms with van der Waals surface area (Å²) in [4.78, 5) is 13.2. The van der Waals surface area contributed by atoms with Gasteiger partial charge in [-0.05, 0) is 49.3 Å². The molecular formula is C18H25BrO2. The summed E-state index contributed by atoms with van der Waals surface area (Å²) in [6.07, 6.45) is 4.48. The van der Waals surface area contributed by atoms with Gasteiger partial charge < -0.3 is 4.74 Å². The van der Waals surface area contributed by atoms with Crippen LogP contribution in [-0.2, 0) is 0 Å². The first-order chi connectivity index (χ1) is 9.79. The zero-order chi connectivity index (χ0) is 15.8. The molecule has 0 amide bonds. The third-order valence-corrected chi connectivity index (χ3v) is 5.76. The van der Waals surface area contributed by atoms with E-state index in [1.54, 1.807) is 7.11 Å². The van der Waals surface area contributed by atoms with E-state index in [0.717, 1.165) is 46.2 Å². The van der Waals surface area contributed by atoms with Crippen LogP contribution < -0.4 is 4.74 Å². The van der Waals surface area contributed by atoms with Gasteiger partial charge in [0.05, 0.1) is 12.7 Å². The molecular weight excluding hydrogens is 328 g/mol. The molecule has 1 aromatic carbocycles. The average Bonchev–Trinajstić information content (AvgIpc) is 2.41. The van der Waals surface area contributed by atoms with Crippen LogP contribution >= 0.6 is 15.9 Å². The summed E-state index contributed by atoms with van der Waals surface area (Å²) in [7, 11) is 1.65. The number of carbonyl (C=O) groups is 1. The molecule has 1 atom stereocenters. The number of hydrogen-bond acceptors (Lipinski definition) is 2. The normalized spacial score (nSPS) is 21.1. The van der Waals surface area contributed by atoms with Gasteiger partial charge in [0.25, 0.3) is 0 Å². The minimum atomic E-state index is 0.0724. The summed E-state index contributed by atoms with van der Waals surface area (Å²) in [5, 5.41) is 0. The largest absolute Gasteiger partial charge is 0.496 e. The Balaban J connectivity index is 2.53. The Morgan fingerprint density at radius 3 is 2.57 bits per heavy atom. The monoisotopic (exact) mass is 352 g/mol. The minimum Gasteiger partial charge on any atom is -0.496 e. The maximum Gasteiger partial charge on any atom is 0.170 e. The van der Waals surface area contributed by atoms with Crippen LogP contribution in [0.1, 0.15) is 61.0 Å². The summed E-state index contributed by atoms with van der Waals surface area (Å²) < 4.78 is 6.53. The fourth-order valence-corrected chi connectivity index (χ4v) is 4.11. The van der Waals surface area contributed by atoms with Crippen LogP contribution in [0.3, 0.4) is 0 Å². The summed E-state index contributed by atoms with van der Waals surface area (Å²) in [5.41, 5.74) is 2.84. The van der Waals surface area contributed by atoms with Crippen molar-refractivity contribution < 1.29 is 9.53 Å². The van der Waals surface area contributed by atoms with Crippen LogP contribution in [-0.4, -0.2) is 12.9 Å². The van der Waals surface area contributed by atoms with Crippen molar-refractivity contribution >= 4 is 21.7 Å². The van der Waals surface area contributed by atoms with Crippen LogP contribution in [0, 0.1) is 25.2 Å². The molecule has 2 rings (SSSR count). The molecule has 1 unspecified atom stereocenters. The first-order valence-electron chi connectivity index (χ1n) is 7.67. The molecule has 21 heavy (non-hydrogen) atoms. The lowest BCUT2D eigenvalue weighted by Gasteiger charge is -2.38. The van der Waals surface area contributed by atoms with Crippen molar-refractivity contribution in [1.29, 1.82) is 0 Å². The fourth-order valence-electron chi connectivity index (χ4n) is 3.56. The zero-order valence-electron chi connectivity index (χ0n) is 13.7. The molecule has 1 aliphatic carbocycles. The van der Waals surface area contributed by atoms with Gasteiger partial charge in [-0.1, -0.05) is 42.6 Å². The molecule has 3 heteroatoms. The summed E-state index contributed by atoms with van der Waals surface area (Å²) in [6.45, 7) is 8.43. The van der Waals surface area contributed by atoms with E-state index < -0.39 is 0 Å². The molecule has 1 aromatic rings. The van der Waals surface area contributed by atoms with E-state index >= 15 is 0 Å². The highest BCUT2D eigenvalue weighted by Gasteiger charge is 2.39. The second-order valence-corrected chi connectivity index (χ2v) is 7.71. The molecule has 1 saturated carbocycles. The number of benzene rings is 1. The second-order valence-electron chi connectivity index (χ2n) is 6.86. The first kappa shape index (κ1) is 16.5. The van der Waals surface area contributed by atoms with Crippen molar-refractivity contribution in [3.8, 4) is 5.75 Å². The van der Waals surface area contributed by atoms with E-state index in [-0.39, 0.29) is 17.1 Å². The summed E-state index contributed by atoms with van der Waals surface area (Å²) >= 11 is 3.57. The number of Topliss-reactive ketones (excluding diaryl/α,β-unsaturated/α-hetero) is 1. The van der Waals surface area contributed by atoms with Crippen molar-refractivity contribution in [3.63, 3.8) is 0 Å². The predicted octanol–water partition coefficient (Wildman–Crippen LogP) is 5.47. The van der Waals surface area contributed by atoms with Gasteiger partial charge >= 0.3 is 0 Å². The topological polar surface area (TPSA) is 26.3 Å². The smallest absolute Gasteiger partial charge is 0.170 e. The van der Waals surface area contributed by atoms with Gasteiger partial charge in [0, 0.05) is 10.4 Å². The Bertz CT molecular complexity index is 561. The molecule has 116 valence electrons. The van der Waals surface area contributed by atoms with E-state index in [0.29, 0.717) is 0 Å². The van der Waals surface area contributed by atoms with Gasteiger partial charge in [0.2, 0.25) is 0 Å². The highest BCUT2D eigenvalue weighted by molar-refractivity contribution is 9.10. The van der Waals surface area contributed by atoms with Crippen molar-refractivity contribution in [2.24, 2.45) is 11.3 Å². The van der Waals surface area contributed by atoms with Gasteiger partial charge in [0.1, 0.15) is 5.75 Å². The van der Waals surface area contributed by atoms with Crippen molar-refractivity contribution in [2.45, 2.75) is 53.4 Å². The Morgan fingerprint density at radius 2 is 2.00 bits per heavy atom. The van der Waals surface area contributed by atoms with Crippen LogP contribution in [0.5, 0.6) is 5.75 Å². The standard InChI is InChI=1S/C18H25BrO2/c1-11-10-14(19)12(2)15(17(11)21-5)16(20)13-8-6-7-9-18(13,3)4/h10,13H,6-9H2,1-5H3. The Labute approximate surface area is 136 Å². The molecule has 0 heterocycles. The van der Waals surface area contributed by atoms with E-state index in [1.807, 2.05) is 19.9 Å². The van der Waals surface area contributed by atoms with Gasteiger partial charge in [0.15, 0.2) is 5.78 Å². The predicted molar refractivity (Wildman–Crippen MR) is 90.2 cm³/mol. The third kappa shape index (κ3) is 3.03.